The minimum absolute atomic E-state index is 0.0711. The van der Waals surface area contributed by atoms with E-state index in [9.17, 15) is 4.79 Å². The smallest absolute Gasteiger partial charge is 0.223 e. The van der Waals surface area contributed by atoms with E-state index in [2.05, 4.69) is 25.9 Å². The van der Waals surface area contributed by atoms with Crippen LogP contribution in [0.4, 0.5) is 0 Å². The number of methoxy groups -OCH3 is 1. The Bertz CT molecular complexity index is 1110. The minimum Gasteiger partial charge on any atom is -0.480 e. The van der Waals surface area contributed by atoms with Crippen molar-refractivity contribution in [3.63, 3.8) is 0 Å². The number of amides is 1. The molecule has 2 aromatic heterocycles. The number of benzene rings is 1. The van der Waals surface area contributed by atoms with Gasteiger partial charge >= 0.3 is 0 Å². The Balaban J connectivity index is 1.43. The number of fused-ring (bicyclic) bond motifs is 1. The Hall–Kier alpha value is -2.97. The lowest BCUT2D eigenvalue weighted by Crippen LogP contribution is -2.51. The number of carbonyl (C=O) groups is 1. The lowest BCUT2D eigenvalue weighted by Gasteiger charge is -2.40. The second-order valence-corrected chi connectivity index (χ2v) is 8.64. The molecule has 1 amide bonds. The maximum absolute atomic E-state index is 12.4. The number of nitrogens with one attached hydrogen (secondary N) is 1. The quantitative estimate of drug-likeness (QED) is 0.664. The largest absolute Gasteiger partial charge is 0.480 e. The van der Waals surface area contributed by atoms with E-state index in [0.717, 1.165) is 67.3 Å². The first-order valence-electron chi connectivity index (χ1n) is 11.2. The summed E-state index contributed by atoms with van der Waals surface area (Å²) in [6.45, 7) is 6.65. The summed E-state index contributed by atoms with van der Waals surface area (Å²) in [5, 5.41) is 1.03. The van der Waals surface area contributed by atoms with Crippen molar-refractivity contribution >= 4 is 16.8 Å². The fourth-order valence-electron chi connectivity index (χ4n) is 4.80. The van der Waals surface area contributed by atoms with E-state index in [-0.39, 0.29) is 11.9 Å². The van der Waals surface area contributed by atoms with Crippen molar-refractivity contribution in [3.05, 3.63) is 42.4 Å². The van der Waals surface area contributed by atoms with E-state index >= 15 is 0 Å². The number of aromatic nitrogens is 3. The summed E-state index contributed by atoms with van der Waals surface area (Å²) >= 11 is 0. The molecule has 8 nitrogen and oxygen atoms in total. The highest BCUT2D eigenvalue weighted by molar-refractivity contribution is 5.85. The highest BCUT2D eigenvalue weighted by Gasteiger charge is 2.33. The molecule has 0 radical (unpaired) electrons. The third-order valence-electron chi connectivity index (χ3n) is 6.49. The first-order chi connectivity index (χ1) is 15.6. The molecule has 1 aromatic carbocycles. The maximum atomic E-state index is 12.4. The van der Waals surface area contributed by atoms with Gasteiger partial charge in [0, 0.05) is 45.1 Å². The van der Waals surface area contributed by atoms with Crippen molar-refractivity contribution in [1.82, 2.24) is 24.8 Å². The molecule has 2 aliphatic heterocycles. The van der Waals surface area contributed by atoms with Gasteiger partial charge in [-0.3, -0.25) is 9.69 Å². The fourth-order valence-corrected chi connectivity index (χ4v) is 4.80. The molecule has 2 aliphatic rings. The number of aromatic amines is 1. The fraction of sp³-hybridized carbons (Fsp3) is 0.458. The molecule has 1 N–H and O–H groups in total. The molecule has 168 valence electrons. The number of imidazole rings is 1. The van der Waals surface area contributed by atoms with Crippen LogP contribution in [0.5, 0.6) is 5.88 Å². The van der Waals surface area contributed by atoms with Gasteiger partial charge in [0.25, 0.3) is 0 Å². The van der Waals surface area contributed by atoms with Crippen molar-refractivity contribution in [2.75, 3.05) is 46.5 Å². The molecule has 5 rings (SSSR count). The van der Waals surface area contributed by atoms with E-state index in [1.54, 1.807) is 14.0 Å². The lowest BCUT2D eigenvalue weighted by molar-refractivity contribution is -0.134. The van der Waals surface area contributed by atoms with Gasteiger partial charge < -0.3 is 19.4 Å². The number of carbonyl (C=O) groups excluding carboxylic acids is 1. The third kappa shape index (κ3) is 4.08. The van der Waals surface area contributed by atoms with Crippen LogP contribution in [0, 0.1) is 5.92 Å². The molecule has 2 saturated heterocycles. The number of hydrogen-bond acceptors (Lipinski definition) is 6. The Kier molecular flexibility index (Phi) is 5.80. The number of ether oxygens (including phenoxy) is 2. The molecule has 0 aliphatic carbocycles. The highest BCUT2D eigenvalue weighted by Crippen LogP contribution is 2.32. The number of hydrogen-bond donors (Lipinski definition) is 1. The van der Waals surface area contributed by atoms with Crippen molar-refractivity contribution in [1.29, 1.82) is 0 Å². The van der Waals surface area contributed by atoms with Gasteiger partial charge in [0.05, 0.1) is 36.7 Å². The Morgan fingerprint density at radius 2 is 2.19 bits per heavy atom. The van der Waals surface area contributed by atoms with E-state index in [1.165, 1.54) is 0 Å². The van der Waals surface area contributed by atoms with Gasteiger partial charge in [0.1, 0.15) is 11.9 Å². The van der Waals surface area contributed by atoms with Crippen molar-refractivity contribution < 1.29 is 14.3 Å². The van der Waals surface area contributed by atoms with Crippen LogP contribution in [-0.2, 0) is 9.53 Å². The average molecular weight is 436 g/mol. The number of para-hydroxylation sites is 1. The molecule has 32 heavy (non-hydrogen) atoms. The van der Waals surface area contributed by atoms with Crippen LogP contribution in [0.15, 0.2) is 36.5 Å². The molecule has 0 bridgehead atoms. The summed E-state index contributed by atoms with van der Waals surface area (Å²) in [7, 11) is 1.63. The Morgan fingerprint density at radius 3 is 2.97 bits per heavy atom. The molecule has 8 heteroatoms. The first-order valence-corrected chi connectivity index (χ1v) is 11.2. The van der Waals surface area contributed by atoms with Gasteiger partial charge in [-0.1, -0.05) is 18.2 Å². The first kappa shape index (κ1) is 20.9. The van der Waals surface area contributed by atoms with Crippen molar-refractivity contribution in [2.45, 2.75) is 19.4 Å². The summed E-state index contributed by atoms with van der Waals surface area (Å²) in [5.41, 5.74) is 2.57. The van der Waals surface area contributed by atoms with E-state index in [1.807, 2.05) is 35.4 Å². The van der Waals surface area contributed by atoms with Crippen LogP contribution in [0.25, 0.3) is 22.2 Å². The summed E-state index contributed by atoms with van der Waals surface area (Å²) in [4.78, 5) is 29.5. The van der Waals surface area contributed by atoms with Crippen LogP contribution in [-0.4, -0.2) is 77.2 Å². The second kappa shape index (κ2) is 8.88. The highest BCUT2D eigenvalue weighted by atomic mass is 16.5. The summed E-state index contributed by atoms with van der Waals surface area (Å²) in [6.07, 6.45) is 2.92. The van der Waals surface area contributed by atoms with Gasteiger partial charge in [-0.2, -0.15) is 0 Å². The molecule has 1 unspecified atom stereocenters. The van der Waals surface area contributed by atoms with E-state index in [0.29, 0.717) is 18.3 Å². The van der Waals surface area contributed by atoms with Gasteiger partial charge in [0.2, 0.25) is 11.8 Å². The predicted molar refractivity (Wildman–Crippen MR) is 121 cm³/mol. The SMILES string of the molecule is COc1nc2ccccc2cc1-c1cnc([C@@H]2CN(CC3CCOC3)CCN2C(C)=O)[nH]1. The van der Waals surface area contributed by atoms with Crippen molar-refractivity contribution in [2.24, 2.45) is 5.92 Å². The molecule has 0 spiro atoms. The van der Waals surface area contributed by atoms with Crippen LogP contribution in [0.1, 0.15) is 25.2 Å². The molecule has 3 aromatic rings. The molecular weight excluding hydrogens is 406 g/mol. The molecule has 0 saturated carbocycles. The lowest BCUT2D eigenvalue weighted by atomic mass is 10.1. The monoisotopic (exact) mass is 435 g/mol. The number of pyridine rings is 1. The zero-order valence-electron chi connectivity index (χ0n) is 18.6. The van der Waals surface area contributed by atoms with Gasteiger partial charge in [0.15, 0.2) is 0 Å². The van der Waals surface area contributed by atoms with E-state index < -0.39 is 0 Å². The third-order valence-corrected chi connectivity index (χ3v) is 6.49. The number of nitrogens with zero attached hydrogens (tertiary/aromatic N) is 4. The normalized spacial score (nSPS) is 21.9. The topological polar surface area (TPSA) is 83.6 Å². The summed E-state index contributed by atoms with van der Waals surface area (Å²) in [5.74, 6) is 1.98. The molecule has 2 fully saturated rings. The molecule has 4 heterocycles. The molecular formula is C24H29N5O3. The average Bonchev–Trinajstić information content (AvgIpc) is 3.50. The minimum atomic E-state index is -0.114. The Morgan fingerprint density at radius 1 is 1.31 bits per heavy atom. The van der Waals surface area contributed by atoms with Gasteiger partial charge in [-0.15, -0.1) is 0 Å². The maximum Gasteiger partial charge on any atom is 0.223 e. The predicted octanol–water partition coefficient (Wildman–Crippen LogP) is 2.88. The van der Waals surface area contributed by atoms with Crippen LogP contribution < -0.4 is 4.74 Å². The molecule has 2 atom stereocenters. The zero-order chi connectivity index (χ0) is 22.1. The van der Waals surface area contributed by atoms with Crippen molar-refractivity contribution in [3.8, 4) is 17.1 Å². The van der Waals surface area contributed by atoms with E-state index in [4.69, 9.17) is 9.47 Å². The second-order valence-electron chi connectivity index (χ2n) is 8.64. The van der Waals surface area contributed by atoms with Crippen LogP contribution in [0.2, 0.25) is 0 Å². The number of rotatable bonds is 5. The van der Waals surface area contributed by atoms with Gasteiger partial charge in [-0.25, -0.2) is 9.97 Å². The van der Waals surface area contributed by atoms with Crippen LogP contribution >= 0.6 is 0 Å². The Labute approximate surface area is 187 Å². The number of piperazine rings is 1. The zero-order valence-corrected chi connectivity index (χ0v) is 18.6. The summed E-state index contributed by atoms with van der Waals surface area (Å²) in [6, 6.07) is 9.91. The van der Waals surface area contributed by atoms with Gasteiger partial charge in [-0.05, 0) is 24.5 Å². The van der Waals surface area contributed by atoms with Crippen LogP contribution in [0.3, 0.4) is 0 Å². The number of H-pyrrole nitrogens is 1. The standard InChI is InChI=1S/C24H29N5O3/c1-16(30)29-9-8-28(13-17-7-10-32-15-17)14-22(29)23-25-12-21(26-23)19-11-18-5-3-4-6-20(18)27-24(19)31-2/h3-6,11-12,17,22H,7-10,13-15H2,1-2H3,(H,25,26)/t17?,22-/m0/s1. The summed E-state index contributed by atoms with van der Waals surface area (Å²) < 4.78 is 11.1.